The van der Waals surface area contributed by atoms with Crippen LogP contribution < -0.4 is 4.90 Å². The van der Waals surface area contributed by atoms with Crippen LogP contribution in [0.15, 0.2) is 29.6 Å². The number of carbonyl (C=O) groups is 1. The van der Waals surface area contributed by atoms with E-state index in [0.29, 0.717) is 6.42 Å². The molecule has 1 aromatic heterocycles. The van der Waals surface area contributed by atoms with Crippen molar-refractivity contribution in [2.24, 2.45) is 0 Å². The van der Waals surface area contributed by atoms with Gasteiger partial charge < -0.3 is 9.64 Å². The molecular weight excluding hydrogens is 296 g/mol. The number of carbonyl (C=O) groups excluding carboxylic acids is 1. The standard InChI is InChI=1S/C17H18N2O2S/c20-16-7-2-8-19(16)13-5-1-4-12(10-13)14-11-22-17(18-14)15-6-3-9-21-15/h1,4-5,10-11,15H,2-3,6-9H2/t15-/m1/s1. The van der Waals surface area contributed by atoms with Crippen molar-refractivity contribution in [2.45, 2.75) is 31.8 Å². The number of hydrogen-bond acceptors (Lipinski definition) is 4. The Bertz CT molecular complexity index is 691. The molecule has 2 aliphatic rings. The van der Waals surface area contributed by atoms with Crippen LogP contribution in [-0.4, -0.2) is 24.0 Å². The first-order chi connectivity index (χ1) is 10.8. The molecule has 1 aromatic carbocycles. The molecule has 0 aliphatic carbocycles. The molecule has 4 rings (SSSR count). The zero-order valence-electron chi connectivity index (χ0n) is 12.3. The van der Waals surface area contributed by atoms with Crippen LogP contribution in [-0.2, 0) is 9.53 Å². The quantitative estimate of drug-likeness (QED) is 0.865. The van der Waals surface area contributed by atoms with E-state index in [0.717, 1.165) is 54.4 Å². The average Bonchev–Trinajstić information content (AvgIpc) is 3.28. The highest BCUT2D eigenvalue weighted by Gasteiger charge is 2.23. The Morgan fingerprint density at radius 3 is 3.05 bits per heavy atom. The van der Waals surface area contributed by atoms with Crippen molar-refractivity contribution >= 4 is 22.9 Å². The highest BCUT2D eigenvalue weighted by atomic mass is 32.1. The predicted octanol–water partition coefficient (Wildman–Crippen LogP) is 3.79. The summed E-state index contributed by atoms with van der Waals surface area (Å²) < 4.78 is 5.70. The highest BCUT2D eigenvalue weighted by Crippen LogP contribution is 2.34. The maximum Gasteiger partial charge on any atom is 0.227 e. The number of anilines is 1. The monoisotopic (exact) mass is 314 g/mol. The van der Waals surface area contributed by atoms with Gasteiger partial charge in [-0.05, 0) is 31.4 Å². The van der Waals surface area contributed by atoms with Crippen LogP contribution in [0.2, 0.25) is 0 Å². The zero-order valence-corrected chi connectivity index (χ0v) is 13.1. The number of ether oxygens (including phenoxy) is 1. The van der Waals surface area contributed by atoms with Crippen molar-refractivity contribution in [1.29, 1.82) is 0 Å². The van der Waals surface area contributed by atoms with E-state index in [1.807, 2.05) is 17.0 Å². The first-order valence-electron chi connectivity index (χ1n) is 7.79. The Morgan fingerprint density at radius 1 is 1.32 bits per heavy atom. The molecule has 5 heteroatoms. The number of rotatable bonds is 3. The molecule has 0 saturated carbocycles. The summed E-state index contributed by atoms with van der Waals surface area (Å²) in [5, 5.41) is 3.15. The fourth-order valence-electron chi connectivity index (χ4n) is 3.09. The molecular formula is C17H18N2O2S. The van der Waals surface area contributed by atoms with E-state index in [4.69, 9.17) is 9.72 Å². The maximum absolute atomic E-state index is 11.9. The predicted molar refractivity (Wildman–Crippen MR) is 87.1 cm³/mol. The summed E-state index contributed by atoms with van der Waals surface area (Å²) in [6, 6.07) is 8.12. The molecule has 0 radical (unpaired) electrons. The number of hydrogen-bond donors (Lipinski definition) is 0. The zero-order chi connectivity index (χ0) is 14.9. The van der Waals surface area contributed by atoms with E-state index in [-0.39, 0.29) is 12.0 Å². The second-order valence-corrected chi connectivity index (χ2v) is 6.66. The van der Waals surface area contributed by atoms with Crippen molar-refractivity contribution in [1.82, 2.24) is 4.98 Å². The summed E-state index contributed by atoms with van der Waals surface area (Å²) in [6.07, 6.45) is 3.95. The van der Waals surface area contributed by atoms with E-state index in [1.165, 1.54) is 0 Å². The summed E-state index contributed by atoms with van der Waals surface area (Å²) in [5.41, 5.74) is 3.02. The molecule has 2 aromatic rings. The molecule has 4 nitrogen and oxygen atoms in total. The van der Waals surface area contributed by atoms with Gasteiger partial charge in [0.25, 0.3) is 0 Å². The third kappa shape index (κ3) is 2.55. The normalized spacial score (nSPS) is 21.7. The summed E-state index contributed by atoms with van der Waals surface area (Å²) in [5.74, 6) is 0.218. The van der Waals surface area contributed by atoms with Crippen LogP contribution in [0.25, 0.3) is 11.3 Å². The van der Waals surface area contributed by atoms with E-state index in [9.17, 15) is 4.79 Å². The van der Waals surface area contributed by atoms with Gasteiger partial charge in [0, 0.05) is 36.2 Å². The Morgan fingerprint density at radius 2 is 2.27 bits per heavy atom. The molecule has 22 heavy (non-hydrogen) atoms. The van der Waals surface area contributed by atoms with E-state index < -0.39 is 0 Å². The van der Waals surface area contributed by atoms with Gasteiger partial charge in [-0.1, -0.05) is 12.1 Å². The van der Waals surface area contributed by atoms with Gasteiger partial charge in [-0.15, -0.1) is 11.3 Å². The second kappa shape index (κ2) is 5.82. The lowest BCUT2D eigenvalue weighted by atomic mass is 10.1. The number of aromatic nitrogens is 1. The highest BCUT2D eigenvalue weighted by molar-refractivity contribution is 7.10. The maximum atomic E-state index is 11.9. The van der Waals surface area contributed by atoms with Crippen molar-refractivity contribution in [3.63, 3.8) is 0 Å². The van der Waals surface area contributed by atoms with Crippen molar-refractivity contribution in [3.8, 4) is 11.3 Å². The van der Waals surface area contributed by atoms with Gasteiger partial charge in [0.1, 0.15) is 11.1 Å². The minimum Gasteiger partial charge on any atom is -0.371 e. The summed E-state index contributed by atoms with van der Waals surface area (Å²) in [4.78, 5) is 18.5. The fourth-order valence-corrected chi connectivity index (χ4v) is 4.00. The van der Waals surface area contributed by atoms with Crippen molar-refractivity contribution in [3.05, 3.63) is 34.7 Å². The lowest BCUT2D eigenvalue weighted by molar-refractivity contribution is -0.117. The first-order valence-corrected chi connectivity index (χ1v) is 8.67. The Balaban J connectivity index is 1.61. The molecule has 0 N–H and O–H groups in total. The van der Waals surface area contributed by atoms with Gasteiger partial charge in [-0.25, -0.2) is 4.98 Å². The Labute approximate surface area is 133 Å². The third-order valence-electron chi connectivity index (χ3n) is 4.25. The van der Waals surface area contributed by atoms with Gasteiger partial charge in [0.05, 0.1) is 5.69 Å². The van der Waals surface area contributed by atoms with Crippen LogP contribution in [0.5, 0.6) is 0 Å². The lowest BCUT2D eigenvalue weighted by Crippen LogP contribution is -2.23. The second-order valence-electron chi connectivity index (χ2n) is 5.77. The number of thiazole rings is 1. The van der Waals surface area contributed by atoms with Gasteiger partial charge >= 0.3 is 0 Å². The molecule has 1 atom stereocenters. The molecule has 2 fully saturated rings. The van der Waals surface area contributed by atoms with Crippen LogP contribution >= 0.6 is 11.3 Å². The van der Waals surface area contributed by atoms with Crippen LogP contribution in [0.3, 0.4) is 0 Å². The molecule has 1 amide bonds. The van der Waals surface area contributed by atoms with E-state index in [1.54, 1.807) is 11.3 Å². The topological polar surface area (TPSA) is 42.4 Å². The van der Waals surface area contributed by atoms with Gasteiger partial charge in [0.15, 0.2) is 0 Å². The Hall–Kier alpha value is -1.72. The van der Waals surface area contributed by atoms with Crippen LogP contribution in [0.1, 0.15) is 36.8 Å². The fraction of sp³-hybridized carbons (Fsp3) is 0.412. The first kappa shape index (κ1) is 13.9. The minimum atomic E-state index is 0.169. The van der Waals surface area contributed by atoms with Gasteiger partial charge in [0.2, 0.25) is 5.91 Å². The molecule has 0 spiro atoms. The third-order valence-corrected chi connectivity index (χ3v) is 5.19. The summed E-state index contributed by atoms with van der Waals surface area (Å²) in [6.45, 7) is 1.66. The van der Waals surface area contributed by atoms with Crippen molar-refractivity contribution in [2.75, 3.05) is 18.1 Å². The number of amides is 1. The molecule has 2 aliphatic heterocycles. The van der Waals surface area contributed by atoms with E-state index in [2.05, 4.69) is 17.5 Å². The largest absolute Gasteiger partial charge is 0.371 e. The molecule has 0 unspecified atom stereocenters. The van der Waals surface area contributed by atoms with Gasteiger partial charge in [-0.2, -0.15) is 0 Å². The lowest BCUT2D eigenvalue weighted by Gasteiger charge is -2.16. The average molecular weight is 314 g/mol. The smallest absolute Gasteiger partial charge is 0.227 e. The summed E-state index contributed by atoms with van der Waals surface area (Å²) >= 11 is 1.66. The molecule has 3 heterocycles. The van der Waals surface area contributed by atoms with E-state index >= 15 is 0 Å². The minimum absolute atomic E-state index is 0.169. The Kier molecular flexibility index (Phi) is 3.68. The molecule has 0 bridgehead atoms. The number of benzene rings is 1. The van der Waals surface area contributed by atoms with Crippen LogP contribution in [0, 0.1) is 0 Å². The van der Waals surface area contributed by atoms with Crippen molar-refractivity contribution < 1.29 is 9.53 Å². The number of nitrogens with zero attached hydrogens (tertiary/aromatic N) is 2. The summed E-state index contributed by atoms with van der Waals surface area (Å²) in [7, 11) is 0. The molecule has 2 saturated heterocycles. The SMILES string of the molecule is O=C1CCCN1c1cccc(-c2csc([C@H]3CCCO3)n2)c1. The van der Waals surface area contributed by atoms with Crippen LogP contribution in [0.4, 0.5) is 5.69 Å². The van der Waals surface area contributed by atoms with Gasteiger partial charge in [-0.3, -0.25) is 4.79 Å². The molecule has 114 valence electrons.